The predicted molar refractivity (Wildman–Crippen MR) is 33.8 cm³/mol. The molecule has 56 valence electrons. The lowest BCUT2D eigenvalue weighted by atomic mass is 10.1. The number of aliphatic hydroxyl groups is 3. The van der Waals surface area contributed by atoms with Gasteiger partial charge in [-0.1, -0.05) is 6.08 Å². The molecule has 0 spiro atoms. The van der Waals surface area contributed by atoms with Crippen molar-refractivity contribution in [3.8, 4) is 6.07 Å². The fourth-order valence-corrected chi connectivity index (χ4v) is 0.403. The Morgan fingerprint density at radius 3 is 2.20 bits per heavy atom. The maximum absolute atomic E-state index is 8.79. The summed E-state index contributed by atoms with van der Waals surface area (Å²) in [6.07, 6.45) is -3.24. The molecule has 0 saturated heterocycles. The van der Waals surface area contributed by atoms with Gasteiger partial charge in [-0.05, 0) is 0 Å². The zero-order valence-corrected chi connectivity index (χ0v) is 5.31. The van der Waals surface area contributed by atoms with Crippen molar-refractivity contribution in [2.75, 3.05) is 0 Å². The summed E-state index contributed by atoms with van der Waals surface area (Å²) < 4.78 is 0. The third kappa shape index (κ3) is 2.15. The Labute approximate surface area is 58.6 Å². The number of aliphatic hydroxyl groups excluding tert-OH is 3. The van der Waals surface area contributed by atoms with Gasteiger partial charge in [-0.2, -0.15) is 5.26 Å². The summed E-state index contributed by atoms with van der Waals surface area (Å²) in [5.41, 5.74) is 0. The molecule has 0 rings (SSSR count). The fraction of sp³-hybridized carbons (Fsp3) is 0.500. The van der Waals surface area contributed by atoms with Gasteiger partial charge in [-0.3, -0.25) is 0 Å². The lowest BCUT2D eigenvalue weighted by Gasteiger charge is -2.14. The Kier molecular flexibility index (Phi) is 3.65. The van der Waals surface area contributed by atoms with Crippen molar-refractivity contribution >= 4 is 0 Å². The third-order valence-electron chi connectivity index (χ3n) is 1.05. The van der Waals surface area contributed by atoms with Gasteiger partial charge in [0.15, 0.2) is 6.10 Å². The summed E-state index contributed by atoms with van der Waals surface area (Å²) in [6.45, 7) is 3.17. The average molecular weight is 143 g/mol. The van der Waals surface area contributed by atoms with Crippen LogP contribution in [0.4, 0.5) is 0 Å². The van der Waals surface area contributed by atoms with E-state index in [0.717, 1.165) is 6.08 Å². The van der Waals surface area contributed by atoms with E-state index in [0.29, 0.717) is 0 Å². The highest BCUT2D eigenvalue weighted by Crippen LogP contribution is 1.99. The Bertz CT molecular complexity index is 152. The fourth-order valence-electron chi connectivity index (χ4n) is 0.403. The molecule has 0 aliphatic carbocycles. The number of hydrogen-bond acceptors (Lipinski definition) is 4. The minimum Gasteiger partial charge on any atom is -0.386 e. The third-order valence-corrected chi connectivity index (χ3v) is 1.05. The first-order chi connectivity index (χ1) is 4.63. The van der Waals surface area contributed by atoms with Crippen LogP contribution in [0.2, 0.25) is 0 Å². The summed E-state index contributed by atoms with van der Waals surface area (Å²) >= 11 is 0. The Morgan fingerprint density at radius 2 is 1.90 bits per heavy atom. The van der Waals surface area contributed by atoms with Gasteiger partial charge >= 0.3 is 0 Å². The van der Waals surface area contributed by atoms with Crippen LogP contribution >= 0.6 is 0 Å². The first-order valence-electron chi connectivity index (χ1n) is 2.70. The average Bonchev–Trinajstić information content (AvgIpc) is 2.00. The zero-order chi connectivity index (χ0) is 8.15. The normalized spacial score (nSPS) is 18.6. The van der Waals surface area contributed by atoms with Crippen molar-refractivity contribution in [1.82, 2.24) is 0 Å². The highest BCUT2D eigenvalue weighted by atomic mass is 16.4. The van der Waals surface area contributed by atoms with Crippen LogP contribution in [-0.4, -0.2) is 33.6 Å². The summed E-state index contributed by atoms with van der Waals surface area (Å²) in [5.74, 6) is 0. The maximum Gasteiger partial charge on any atom is 0.169 e. The molecule has 0 aliphatic rings. The molecule has 0 heterocycles. The van der Waals surface area contributed by atoms with E-state index >= 15 is 0 Å². The molecular formula is C6H9NO3. The second-order valence-electron chi connectivity index (χ2n) is 1.79. The van der Waals surface area contributed by atoms with E-state index in [1.54, 1.807) is 0 Å². The van der Waals surface area contributed by atoms with Crippen molar-refractivity contribution < 1.29 is 15.3 Å². The minimum absolute atomic E-state index is 1.05. The lowest BCUT2D eigenvalue weighted by molar-refractivity contribution is -0.0178. The van der Waals surface area contributed by atoms with Crippen LogP contribution in [0.3, 0.4) is 0 Å². The van der Waals surface area contributed by atoms with Gasteiger partial charge in [0.05, 0.1) is 6.07 Å². The molecular weight excluding hydrogens is 134 g/mol. The first kappa shape index (κ1) is 9.11. The Balaban J connectivity index is 3.95. The molecule has 3 atom stereocenters. The predicted octanol–water partition coefficient (Wildman–Crippen LogP) is -1.22. The second kappa shape index (κ2) is 4.01. The van der Waals surface area contributed by atoms with Gasteiger partial charge in [0.1, 0.15) is 12.2 Å². The van der Waals surface area contributed by atoms with Crippen LogP contribution in [-0.2, 0) is 0 Å². The summed E-state index contributed by atoms with van der Waals surface area (Å²) in [5, 5.41) is 34.2. The standard InChI is InChI=1S/C6H9NO3/c1-2-4(8)6(10)5(9)3-7/h2,4-6,8-10H,1H2/t4-,5+,6-/m1/s1. The Hall–Kier alpha value is -0.890. The lowest BCUT2D eigenvalue weighted by Crippen LogP contribution is -2.34. The van der Waals surface area contributed by atoms with Crippen molar-refractivity contribution in [3.05, 3.63) is 12.7 Å². The molecule has 0 aromatic heterocycles. The quantitative estimate of drug-likeness (QED) is 0.341. The van der Waals surface area contributed by atoms with Crippen LogP contribution < -0.4 is 0 Å². The maximum atomic E-state index is 8.79. The number of rotatable bonds is 3. The highest BCUT2D eigenvalue weighted by molar-refractivity contribution is 4.96. The van der Waals surface area contributed by atoms with E-state index in [1.165, 1.54) is 6.07 Å². The van der Waals surface area contributed by atoms with Crippen LogP contribution in [0.1, 0.15) is 0 Å². The van der Waals surface area contributed by atoms with E-state index in [2.05, 4.69) is 6.58 Å². The van der Waals surface area contributed by atoms with Gasteiger partial charge in [-0.15, -0.1) is 6.58 Å². The molecule has 0 amide bonds. The van der Waals surface area contributed by atoms with Gasteiger partial charge in [-0.25, -0.2) is 0 Å². The molecule has 0 fully saturated rings. The van der Waals surface area contributed by atoms with Gasteiger partial charge in [0.25, 0.3) is 0 Å². The van der Waals surface area contributed by atoms with Crippen molar-refractivity contribution in [2.24, 2.45) is 0 Å². The summed E-state index contributed by atoms with van der Waals surface area (Å²) in [7, 11) is 0. The second-order valence-corrected chi connectivity index (χ2v) is 1.79. The van der Waals surface area contributed by atoms with E-state index < -0.39 is 18.3 Å². The topological polar surface area (TPSA) is 84.5 Å². The first-order valence-corrected chi connectivity index (χ1v) is 2.70. The smallest absolute Gasteiger partial charge is 0.169 e. The van der Waals surface area contributed by atoms with Crippen LogP contribution in [0, 0.1) is 11.3 Å². The molecule has 0 aromatic carbocycles. The number of nitriles is 1. The number of nitrogens with zero attached hydrogens (tertiary/aromatic N) is 1. The Morgan fingerprint density at radius 1 is 1.40 bits per heavy atom. The van der Waals surface area contributed by atoms with Crippen molar-refractivity contribution in [1.29, 1.82) is 5.26 Å². The van der Waals surface area contributed by atoms with E-state index in [-0.39, 0.29) is 0 Å². The zero-order valence-electron chi connectivity index (χ0n) is 5.31. The van der Waals surface area contributed by atoms with Crippen molar-refractivity contribution in [2.45, 2.75) is 18.3 Å². The summed E-state index contributed by atoms with van der Waals surface area (Å²) in [6, 6.07) is 1.38. The SMILES string of the molecule is C=C[C@@H](O)[C@@H](O)[C@@H](O)C#N. The molecule has 0 bridgehead atoms. The molecule has 4 heteroatoms. The molecule has 4 nitrogen and oxygen atoms in total. The minimum atomic E-state index is -1.56. The monoisotopic (exact) mass is 143 g/mol. The van der Waals surface area contributed by atoms with Gasteiger partial charge < -0.3 is 15.3 Å². The largest absolute Gasteiger partial charge is 0.386 e. The van der Waals surface area contributed by atoms with E-state index in [4.69, 9.17) is 20.6 Å². The molecule has 3 N–H and O–H groups in total. The number of hydrogen-bond donors (Lipinski definition) is 3. The molecule has 0 unspecified atom stereocenters. The van der Waals surface area contributed by atoms with Crippen LogP contribution in [0.5, 0.6) is 0 Å². The van der Waals surface area contributed by atoms with E-state index in [9.17, 15) is 0 Å². The summed E-state index contributed by atoms with van der Waals surface area (Å²) in [4.78, 5) is 0. The molecule has 0 aliphatic heterocycles. The molecule has 0 radical (unpaired) electrons. The van der Waals surface area contributed by atoms with Crippen LogP contribution in [0.15, 0.2) is 12.7 Å². The van der Waals surface area contributed by atoms with E-state index in [1.807, 2.05) is 0 Å². The van der Waals surface area contributed by atoms with Gasteiger partial charge in [0, 0.05) is 0 Å². The van der Waals surface area contributed by atoms with Crippen molar-refractivity contribution in [3.63, 3.8) is 0 Å². The van der Waals surface area contributed by atoms with Gasteiger partial charge in [0.2, 0.25) is 0 Å². The highest BCUT2D eigenvalue weighted by Gasteiger charge is 2.21. The van der Waals surface area contributed by atoms with Crippen LogP contribution in [0.25, 0.3) is 0 Å². The molecule has 0 aromatic rings. The molecule has 10 heavy (non-hydrogen) atoms. The molecule has 0 saturated carbocycles.